The van der Waals surface area contributed by atoms with E-state index in [2.05, 4.69) is 20.0 Å². The number of amides is 1. The Kier molecular flexibility index (Phi) is 9.15. The Morgan fingerprint density at radius 3 is 2.66 bits per heavy atom. The zero-order valence-electron chi connectivity index (χ0n) is 20.4. The van der Waals surface area contributed by atoms with Gasteiger partial charge >= 0.3 is 0 Å². The zero-order valence-corrected chi connectivity index (χ0v) is 22.0. The molecule has 1 aromatic carbocycles. The summed E-state index contributed by atoms with van der Waals surface area (Å²) >= 11 is 1.10. The van der Waals surface area contributed by atoms with Crippen molar-refractivity contribution >= 4 is 27.3 Å². The van der Waals surface area contributed by atoms with Crippen molar-refractivity contribution in [1.82, 2.24) is 30.2 Å². The van der Waals surface area contributed by atoms with Crippen LogP contribution in [0.25, 0.3) is 10.6 Å². The van der Waals surface area contributed by atoms with E-state index in [1.54, 1.807) is 61.3 Å². The highest BCUT2D eigenvalue weighted by molar-refractivity contribution is 7.91. The number of hydrogen-bond acceptors (Lipinski definition) is 10. The molecule has 3 N–H and O–H groups in total. The predicted molar refractivity (Wildman–Crippen MR) is 138 cm³/mol. The molecule has 200 valence electrons. The fourth-order valence-electron chi connectivity index (χ4n) is 3.47. The number of hydroxylamine groups is 1. The number of nitrogens with zero attached hydrogens (tertiary/aromatic N) is 4. The van der Waals surface area contributed by atoms with E-state index < -0.39 is 22.0 Å². The second-order valence-corrected chi connectivity index (χ2v) is 11.1. The van der Waals surface area contributed by atoms with E-state index >= 15 is 0 Å². The molecule has 14 heteroatoms. The highest BCUT2D eigenvalue weighted by atomic mass is 32.2. The quantitative estimate of drug-likeness (QED) is 0.127. The Hall–Kier alpha value is -3.69. The van der Waals surface area contributed by atoms with Gasteiger partial charge in [-0.15, -0.1) is 16.4 Å². The van der Waals surface area contributed by atoms with Crippen LogP contribution in [0.2, 0.25) is 0 Å². The number of rotatable bonds is 13. The maximum atomic E-state index is 12.8. The molecule has 3 heterocycles. The summed E-state index contributed by atoms with van der Waals surface area (Å²) < 4.78 is 40.0. The minimum Gasteiger partial charge on any atom is -0.491 e. The van der Waals surface area contributed by atoms with Gasteiger partial charge in [0, 0.05) is 19.7 Å². The number of ether oxygens (including phenoxy) is 2. The minimum absolute atomic E-state index is 0.137. The highest BCUT2D eigenvalue weighted by Crippen LogP contribution is 2.29. The summed E-state index contributed by atoms with van der Waals surface area (Å²) in [6.45, 7) is 0.736. The molecular weight excluding hydrogens is 532 g/mol. The Labute approximate surface area is 223 Å². The van der Waals surface area contributed by atoms with E-state index in [4.69, 9.17) is 9.47 Å². The first kappa shape index (κ1) is 27.3. The van der Waals surface area contributed by atoms with Gasteiger partial charge in [-0.05, 0) is 42.0 Å². The Balaban J connectivity index is 1.41. The Morgan fingerprint density at radius 2 is 1.95 bits per heavy atom. The smallest absolute Gasteiger partial charge is 0.268 e. The first-order valence-electron chi connectivity index (χ1n) is 11.5. The molecule has 0 spiro atoms. The molecule has 4 aromatic rings. The molecule has 0 fully saturated rings. The van der Waals surface area contributed by atoms with Crippen LogP contribution in [0.4, 0.5) is 0 Å². The number of nitrogens with one attached hydrogen (secondary N) is 2. The minimum atomic E-state index is -3.81. The topological polar surface area (TPSA) is 158 Å². The van der Waals surface area contributed by atoms with E-state index in [0.29, 0.717) is 30.4 Å². The van der Waals surface area contributed by atoms with Crippen molar-refractivity contribution in [3.05, 3.63) is 78.2 Å². The fourth-order valence-corrected chi connectivity index (χ4v) is 5.79. The van der Waals surface area contributed by atoms with Gasteiger partial charge in [-0.3, -0.25) is 15.0 Å². The van der Waals surface area contributed by atoms with Gasteiger partial charge in [-0.25, -0.2) is 23.3 Å². The number of thiophene rings is 1. The monoisotopic (exact) mass is 558 g/mol. The summed E-state index contributed by atoms with van der Waals surface area (Å²) in [5, 5.41) is 17.2. The molecule has 0 saturated carbocycles. The lowest BCUT2D eigenvalue weighted by Gasteiger charge is -2.15. The molecule has 0 aliphatic heterocycles. The lowest BCUT2D eigenvalue weighted by atomic mass is 10.1. The van der Waals surface area contributed by atoms with Crippen LogP contribution in [0.1, 0.15) is 17.3 Å². The molecule has 1 amide bonds. The molecule has 0 aliphatic rings. The predicted octanol–water partition coefficient (Wildman–Crippen LogP) is 2.19. The molecule has 38 heavy (non-hydrogen) atoms. The molecular formula is C24H26N6O6S2. The first-order valence-corrected chi connectivity index (χ1v) is 13.8. The van der Waals surface area contributed by atoms with Crippen molar-refractivity contribution in [3.63, 3.8) is 0 Å². The summed E-state index contributed by atoms with van der Waals surface area (Å²) in [7, 11) is -2.22. The Morgan fingerprint density at radius 1 is 1.13 bits per heavy atom. The number of carbonyl (C=O) groups excluding carboxylic acids is 1. The average molecular weight is 559 g/mol. The van der Waals surface area contributed by atoms with Crippen molar-refractivity contribution in [2.45, 2.75) is 23.2 Å². The number of hydrogen-bond donors (Lipinski definition) is 3. The molecule has 1 atom stereocenters. The molecule has 0 unspecified atom stereocenters. The normalized spacial score (nSPS) is 12.3. The molecule has 0 aliphatic carbocycles. The van der Waals surface area contributed by atoms with Crippen LogP contribution >= 0.6 is 11.3 Å². The van der Waals surface area contributed by atoms with Crippen molar-refractivity contribution < 1.29 is 27.9 Å². The van der Waals surface area contributed by atoms with Crippen molar-refractivity contribution in [3.8, 4) is 16.3 Å². The summed E-state index contributed by atoms with van der Waals surface area (Å²) in [4.78, 5) is 17.4. The SMILES string of the molecule is COCCOc1ccc(C[C@@H](C(=O)NO)n2cc(CNS(=O)(=O)c3ccc(-c4ccccn4)s3)nn2)cc1. The zero-order chi connectivity index (χ0) is 27.0. The average Bonchev–Trinajstić information content (AvgIpc) is 3.63. The summed E-state index contributed by atoms with van der Waals surface area (Å²) in [6, 6.07) is 14.9. The van der Waals surface area contributed by atoms with Crippen molar-refractivity contribution in [2.24, 2.45) is 0 Å². The van der Waals surface area contributed by atoms with E-state index in [1.807, 2.05) is 6.07 Å². The van der Waals surface area contributed by atoms with Gasteiger partial charge in [-0.2, -0.15) is 0 Å². The van der Waals surface area contributed by atoms with Gasteiger partial charge in [0.15, 0.2) is 0 Å². The summed E-state index contributed by atoms with van der Waals surface area (Å²) in [5.74, 6) is -0.0368. The molecule has 3 aromatic heterocycles. The van der Waals surface area contributed by atoms with Crippen LogP contribution in [0, 0.1) is 0 Å². The van der Waals surface area contributed by atoms with Crippen LogP contribution in [0.5, 0.6) is 5.75 Å². The molecule has 0 saturated heterocycles. The number of sulfonamides is 1. The van der Waals surface area contributed by atoms with Crippen molar-refractivity contribution in [1.29, 1.82) is 0 Å². The first-order chi connectivity index (χ1) is 18.4. The molecule has 0 bridgehead atoms. The van der Waals surface area contributed by atoms with Gasteiger partial charge in [-0.1, -0.05) is 23.4 Å². The van der Waals surface area contributed by atoms with E-state index in [0.717, 1.165) is 21.8 Å². The molecule has 4 rings (SSSR count). The maximum Gasteiger partial charge on any atom is 0.268 e. The second kappa shape index (κ2) is 12.7. The van der Waals surface area contributed by atoms with Crippen LogP contribution in [-0.4, -0.2) is 59.8 Å². The standard InChI is InChI=1S/C24H26N6O6S2/c1-35-12-13-36-19-7-5-17(6-8-19)14-21(24(31)28-32)30-16-18(27-29-30)15-26-38(33,34)23-10-9-22(37-23)20-4-2-3-11-25-20/h2-11,16,21,26,32H,12-15H2,1H3,(H,28,31)/t21-/m0/s1. The lowest BCUT2D eigenvalue weighted by molar-refractivity contribution is -0.133. The third-order valence-corrected chi connectivity index (χ3v) is 8.41. The maximum absolute atomic E-state index is 12.8. The number of aromatic nitrogens is 4. The summed E-state index contributed by atoms with van der Waals surface area (Å²) in [5.41, 5.74) is 3.42. The van der Waals surface area contributed by atoms with Crippen LogP contribution < -0.4 is 14.9 Å². The van der Waals surface area contributed by atoms with Gasteiger partial charge in [0.2, 0.25) is 10.0 Å². The van der Waals surface area contributed by atoms with Crippen LogP contribution in [-0.2, 0) is 32.5 Å². The van der Waals surface area contributed by atoms with Gasteiger partial charge in [0.1, 0.15) is 22.6 Å². The fraction of sp³-hybridized carbons (Fsp3) is 0.250. The number of pyridine rings is 1. The number of carbonyl (C=O) groups is 1. The summed E-state index contributed by atoms with van der Waals surface area (Å²) in [6.07, 6.45) is 3.30. The third-order valence-electron chi connectivity index (χ3n) is 5.41. The van der Waals surface area contributed by atoms with E-state index in [-0.39, 0.29) is 17.2 Å². The second-order valence-electron chi connectivity index (χ2n) is 8.03. The van der Waals surface area contributed by atoms with E-state index in [9.17, 15) is 18.4 Å². The van der Waals surface area contributed by atoms with Gasteiger partial charge in [0.25, 0.3) is 5.91 Å². The number of benzene rings is 1. The lowest BCUT2D eigenvalue weighted by Crippen LogP contribution is -2.32. The van der Waals surface area contributed by atoms with Crippen LogP contribution in [0.3, 0.4) is 0 Å². The molecule has 0 radical (unpaired) electrons. The molecule has 12 nitrogen and oxygen atoms in total. The van der Waals surface area contributed by atoms with Gasteiger partial charge < -0.3 is 9.47 Å². The van der Waals surface area contributed by atoms with Crippen LogP contribution in [0.15, 0.2) is 71.2 Å². The van der Waals surface area contributed by atoms with Crippen molar-refractivity contribution in [2.75, 3.05) is 20.3 Å². The van der Waals surface area contributed by atoms with E-state index in [1.165, 1.54) is 16.9 Å². The third kappa shape index (κ3) is 6.99. The highest BCUT2D eigenvalue weighted by Gasteiger charge is 2.23. The largest absolute Gasteiger partial charge is 0.491 e. The Bertz CT molecular complexity index is 1440. The van der Waals surface area contributed by atoms with Gasteiger partial charge in [0.05, 0.1) is 35.6 Å². The number of methoxy groups -OCH3 is 1.